The summed E-state index contributed by atoms with van der Waals surface area (Å²) in [6, 6.07) is 0. The Bertz CT molecular complexity index is 266. The maximum atomic E-state index is 12.5. The van der Waals surface area contributed by atoms with Crippen molar-refractivity contribution in [3.63, 3.8) is 0 Å². The summed E-state index contributed by atoms with van der Waals surface area (Å²) < 4.78 is 73.3. The Morgan fingerprint density at radius 3 is 1.53 bits per heavy atom. The third-order valence-corrected chi connectivity index (χ3v) is 1.51. The van der Waals surface area contributed by atoms with Gasteiger partial charge in [-0.15, -0.1) is 0 Å². The Labute approximate surface area is 81.2 Å². The van der Waals surface area contributed by atoms with Crippen LogP contribution in [0.3, 0.4) is 0 Å². The molecule has 0 bridgehead atoms. The van der Waals surface area contributed by atoms with Gasteiger partial charge < -0.3 is 0 Å². The van der Waals surface area contributed by atoms with Gasteiger partial charge in [0.05, 0.1) is 7.05 Å². The molecule has 0 radical (unpaired) electrons. The summed E-state index contributed by atoms with van der Waals surface area (Å²) in [7, 11) is -7.06. The molecule has 1 heterocycles. The first-order valence-electron chi connectivity index (χ1n) is 3.79. The van der Waals surface area contributed by atoms with E-state index in [1.807, 2.05) is 7.05 Å². The van der Waals surface area contributed by atoms with Crippen LogP contribution in [0.5, 0.6) is 0 Å². The molecule has 0 aliphatic carbocycles. The first kappa shape index (κ1) is 14.6. The molecular weight excluding hydrogens is 252 g/mol. The average Bonchev–Trinajstić information content (AvgIpc) is 2.13. The van der Waals surface area contributed by atoms with Crippen molar-refractivity contribution in [2.45, 2.75) is 0 Å². The first-order valence-corrected chi connectivity index (χ1v) is 5.82. The number of nitrogens with zero attached hydrogens (tertiary/aromatic N) is 1. The monoisotopic (exact) mass is 263 g/mol. The van der Waals surface area contributed by atoms with Gasteiger partial charge in [0.15, 0.2) is 6.54 Å². The second-order valence-electron chi connectivity index (χ2n) is 3.20. The average molecular weight is 263 g/mol. The molecule has 0 saturated carbocycles. The van der Waals surface area contributed by atoms with Crippen LogP contribution in [0.25, 0.3) is 0 Å². The van der Waals surface area contributed by atoms with Crippen molar-refractivity contribution in [2.75, 3.05) is 27.2 Å². The predicted molar refractivity (Wildman–Crippen MR) is 42.5 cm³/mol. The van der Waals surface area contributed by atoms with Crippen LogP contribution in [0.15, 0.2) is 0 Å². The molecule has 1 rings (SSSR count). The van der Waals surface area contributed by atoms with Crippen LogP contribution in [-0.4, -0.2) is 37.8 Å². The van der Waals surface area contributed by atoms with Gasteiger partial charge in [0.1, 0.15) is 13.6 Å². The van der Waals surface area contributed by atoms with Crippen LogP contribution in [0, 0.1) is 0 Å². The molecule has 0 spiro atoms. The van der Waals surface area contributed by atoms with Crippen LogP contribution >= 0.6 is 7.81 Å². The molecule has 2 nitrogen and oxygen atoms in total. The van der Waals surface area contributed by atoms with E-state index in [4.69, 9.17) is 0 Å². The van der Waals surface area contributed by atoms with Crippen LogP contribution < -0.4 is 4.90 Å². The van der Waals surface area contributed by atoms with E-state index in [1.165, 1.54) is 0 Å². The Morgan fingerprint density at radius 2 is 1.47 bits per heavy atom. The summed E-state index contributed by atoms with van der Waals surface area (Å²) in [5.41, 5.74) is 0. The van der Waals surface area contributed by atoms with Gasteiger partial charge in [-0.25, -0.2) is 4.90 Å². The zero-order valence-electron chi connectivity index (χ0n) is 7.95. The molecule has 10 heteroatoms. The molecule has 0 aromatic rings. The number of hydrogen-bond donors (Lipinski definition) is 1. The molecule has 0 amide bonds. The molecule has 15 heavy (non-hydrogen) atoms. The van der Waals surface area contributed by atoms with Crippen LogP contribution in [0.1, 0.15) is 0 Å². The third kappa shape index (κ3) is 11.5. The van der Waals surface area contributed by atoms with Crippen molar-refractivity contribution in [3.05, 3.63) is 0 Å². The quantitative estimate of drug-likeness (QED) is 0.295. The summed E-state index contributed by atoms with van der Waals surface area (Å²) in [5.74, 6) is 0. The van der Waals surface area contributed by atoms with Gasteiger partial charge in [0.2, 0.25) is 0 Å². The van der Waals surface area contributed by atoms with Crippen molar-refractivity contribution in [3.8, 4) is 0 Å². The summed E-state index contributed by atoms with van der Waals surface area (Å²) in [6.07, 6.45) is -0.0370. The summed E-state index contributed by atoms with van der Waals surface area (Å²) in [4.78, 5) is 0.882. The number of halogens is 7. The second-order valence-corrected chi connectivity index (χ2v) is 5.12. The van der Waals surface area contributed by atoms with E-state index < -0.39 is 7.81 Å². The zero-order valence-corrected chi connectivity index (χ0v) is 8.85. The van der Waals surface area contributed by atoms with Crippen LogP contribution in [0.2, 0.25) is 0 Å². The van der Waals surface area contributed by atoms with Crippen molar-refractivity contribution in [1.82, 2.24) is 0 Å². The first-order chi connectivity index (χ1) is 6.16. The maximum absolute atomic E-state index is 12.5. The van der Waals surface area contributed by atoms with E-state index >= 15 is 0 Å². The Hall–Kier alpha value is -0.430. The van der Waals surface area contributed by atoms with Gasteiger partial charge in [0.25, 0.3) is 0 Å². The fourth-order valence-electron chi connectivity index (χ4n) is 0.863. The number of hydrogen-bond acceptors (Lipinski definition) is 0. The van der Waals surface area contributed by atoms with Crippen molar-refractivity contribution in [1.29, 1.82) is 0 Å². The molecule has 1 aliphatic rings. The molecule has 1 atom stereocenters. The Balaban J connectivity index is 0.000000265. The molecule has 0 saturated heterocycles. The SMILES string of the molecule is C[N+]1=C(F)[NH+](C)CC1.F[P-](F)(F)(F)(F)F. The van der Waals surface area contributed by atoms with E-state index in [9.17, 15) is 29.6 Å². The summed E-state index contributed by atoms with van der Waals surface area (Å²) in [5, 5.41) is 0. The Morgan fingerprint density at radius 1 is 1.13 bits per heavy atom. The standard InChI is InChI=1S/C5H10FN2.F6P/c1-7-3-4-8(2)5(7)6;1-7(2,3,4,5)6/h3-4H2,1-2H3;/q+1;-1/p+1. The summed E-state index contributed by atoms with van der Waals surface area (Å²) in [6.45, 7) is 1.74. The van der Waals surface area contributed by atoms with E-state index in [1.54, 1.807) is 11.6 Å². The number of rotatable bonds is 0. The van der Waals surface area contributed by atoms with Gasteiger partial charge in [-0.05, 0) is 0 Å². The zero-order chi connectivity index (χ0) is 12.6. The predicted octanol–water partition coefficient (Wildman–Crippen LogP) is 1.86. The van der Waals surface area contributed by atoms with Crippen LogP contribution in [0.4, 0.5) is 29.6 Å². The third-order valence-electron chi connectivity index (χ3n) is 1.51. The summed E-state index contributed by atoms with van der Waals surface area (Å²) >= 11 is 0. The van der Waals surface area contributed by atoms with Crippen molar-refractivity contribution in [2.24, 2.45) is 0 Å². The van der Waals surface area contributed by atoms with E-state index in [-0.39, 0.29) is 6.09 Å². The van der Waals surface area contributed by atoms with Gasteiger partial charge in [0, 0.05) is 0 Å². The van der Waals surface area contributed by atoms with Crippen LogP contribution in [-0.2, 0) is 0 Å². The molecule has 1 aliphatic heterocycles. The molecule has 0 aromatic carbocycles. The topological polar surface area (TPSA) is 7.45 Å². The second kappa shape index (κ2) is 3.28. The van der Waals surface area contributed by atoms with Gasteiger partial charge in [-0.2, -0.15) is 4.58 Å². The van der Waals surface area contributed by atoms with Gasteiger partial charge >= 0.3 is 39.1 Å². The fraction of sp³-hybridized carbons (Fsp3) is 0.800. The fourth-order valence-corrected chi connectivity index (χ4v) is 0.863. The van der Waals surface area contributed by atoms with Gasteiger partial charge in [-0.3, -0.25) is 0 Å². The number of amidine groups is 1. The van der Waals surface area contributed by atoms with Gasteiger partial charge in [-0.1, -0.05) is 4.39 Å². The molecule has 0 fully saturated rings. The number of likely N-dealkylation sites (N-methyl/N-ethyl adjacent to an activating group) is 2. The number of nitrogens with one attached hydrogen (secondary N) is 1. The molecule has 94 valence electrons. The molecular formula is C5H11F7N2P+. The minimum absolute atomic E-state index is 0.0370. The van der Waals surface area contributed by atoms with E-state index in [0.717, 1.165) is 18.0 Å². The van der Waals surface area contributed by atoms with E-state index in [2.05, 4.69) is 0 Å². The molecule has 1 unspecified atom stereocenters. The van der Waals surface area contributed by atoms with Crippen molar-refractivity contribution < 1.29 is 39.0 Å². The minimum atomic E-state index is -10.7. The molecule has 0 aromatic heterocycles. The number of quaternary nitrogens is 1. The normalized spacial score (nSPS) is 26.6. The van der Waals surface area contributed by atoms with E-state index in [0.29, 0.717) is 0 Å². The van der Waals surface area contributed by atoms with Crippen molar-refractivity contribution >= 4 is 13.9 Å². The molecule has 1 N–H and O–H groups in total. The Kier molecular flexibility index (Phi) is 3.19.